The molecule has 4 aromatic carbocycles. The molecular formula is C32H34O4S. The molecule has 1 aliphatic rings. The summed E-state index contributed by atoms with van der Waals surface area (Å²) < 4.78 is 17.5. The quantitative estimate of drug-likeness (QED) is 0.207. The van der Waals surface area contributed by atoms with Gasteiger partial charge in [0, 0.05) is 42.1 Å². The van der Waals surface area contributed by atoms with Crippen LogP contribution in [0.25, 0.3) is 21.9 Å². The number of phenolic OH excluding ortho intramolecular Hbond substituents is 1. The van der Waals surface area contributed by atoms with Gasteiger partial charge in [-0.1, -0.05) is 54.2 Å². The van der Waals surface area contributed by atoms with Gasteiger partial charge in [0.2, 0.25) is 0 Å². The van der Waals surface area contributed by atoms with Crippen LogP contribution >= 0.6 is 11.8 Å². The minimum absolute atomic E-state index is 0.272. The average Bonchev–Trinajstić information content (AvgIpc) is 3.19. The standard InChI is InChI=1S/C32H34O4S/c1-4-35-17-15-32(16-18-36-5-2)26-14-10-9-13-23(26)31-25-20-30(37-22-11-7-6-8-12-22)29(34-3)19-24(25)28(33)21-27(31)32/h6-14,19-21,33H,4-5,15-18H2,1-3H3. The van der Waals surface area contributed by atoms with Crippen LogP contribution in [-0.2, 0) is 14.9 Å². The summed E-state index contributed by atoms with van der Waals surface area (Å²) in [5.74, 6) is 1.02. The highest BCUT2D eigenvalue weighted by atomic mass is 32.2. The van der Waals surface area contributed by atoms with Crippen molar-refractivity contribution < 1.29 is 19.3 Å². The molecule has 5 rings (SSSR count). The molecule has 1 aliphatic carbocycles. The van der Waals surface area contributed by atoms with E-state index in [2.05, 4.69) is 42.5 Å². The molecule has 0 saturated heterocycles. The van der Waals surface area contributed by atoms with Crippen LogP contribution in [0.2, 0.25) is 0 Å². The maximum Gasteiger partial charge on any atom is 0.133 e. The Labute approximate surface area is 223 Å². The Kier molecular flexibility index (Phi) is 7.75. The van der Waals surface area contributed by atoms with E-state index >= 15 is 0 Å². The fraction of sp³-hybridized carbons (Fsp3) is 0.312. The number of benzene rings is 4. The van der Waals surface area contributed by atoms with E-state index in [1.54, 1.807) is 18.9 Å². The van der Waals surface area contributed by atoms with E-state index < -0.39 is 0 Å². The van der Waals surface area contributed by atoms with Gasteiger partial charge in [-0.05, 0) is 84.7 Å². The van der Waals surface area contributed by atoms with Crippen LogP contribution in [0.5, 0.6) is 11.5 Å². The molecule has 0 unspecified atom stereocenters. The summed E-state index contributed by atoms with van der Waals surface area (Å²) in [6.45, 7) is 6.71. The van der Waals surface area contributed by atoms with Crippen molar-refractivity contribution in [3.8, 4) is 22.6 Å². The van der Waals surface area contributed by atoms with Crippen molar-refractivity contribution in [3.05, 3.63) is 83.9 Å². The molecule has 0 aromatic heterocycles. The predicted octanol–water partition coefficient (Wildman–Crippen LogP) is 7.82. The fourth-order valence-electron chi connectivity index (χ4n) is 5.64. The molecule has 0 radical (unpaired) electrons. The Morgan fingerprint density at radius 1 is 0.784 bits per heavy atom. The van der Waals surface area contributed by atoms with E-state index in [-0.39, 0.29) is 11.2 Å². The summed E-state index contributed by atoms with van der Waals surface area (Å²) in [6.07, 6.45) is 1.65. The Balaban J connectivity index is 1.75. The molecule has 0 saturated carbocycles. The molecule has 4 nitrogen and oxygen atoms in total. The monoisotopic (exact) mass is 514 g/mol. The van der Waals surface area contributed by atoms with Crippen molar-refractivity contribution in [2.45, 2.75) is 41.9 Å². The third-order valence-electron chi connectivity index (χ3n) is 7.35. The minimum atomic E-state index is -0.297. The Morgan fingerprint density at radius 2 is 1.46 bits per heavy atom. The van der Waals surface area contributed by atoms with Gasteiger partial charge in [0.05, 0.1) is 12.0 Å². The molecule has 0 heterocycles. The number of fused-ring (bicyclic) bond motifs is 5. The molecular weight excluding hydrogens is 480 g/mol. The van der Waals surface area contributed by atoms with Crippen molar-refractivity contribution in [2.24, 2.45) is 0 Å². The second-order valence-electron chi connectivity index (χ2n) is 9.30. The zero-order valence-electron chi connectivity index (χ0n) is 21.8. The highest BCUT2D eigenvalue weighted by molar-refractivity contribution is 7.99. The fourth-order valence-corrected chi connectivity index (χ4v) is 6.61. The van der Waals surface area contributed by atoms with Crippen LogP contribution in [0.3, 0.4) is 0 Å². The lowest BCUT2D eigenvalue weighted by Crippen LogP contribution is -2.29. The lowest BCUT2D eigenvalue weighted by molar-refractivity contribution is 0.105. The normalized spacial score (nSPS) is 13.5. The molecule has 192 valence electrons. The van der Waals surface area contributed by atoms with Crippen molar-refractivity contribution in [2.75, 3.05) is 33.5 Å². The second kappa shape index (κ2) is 11.2. The zero-order valence-corrected chi connectivity index (χ0v) is 22.6. The number of aromatic hydroxyl groups is 1. The molecule has 5 heteroatoms. The Bertz CT molecular complexity index is 1370. The summed E-state index contributed by atoms with van der Waals surface area (Å²) in [5.41, 5.74) is 4.54. The number of rotatable bonds is 11. The molecule has 0 bridgehead atoms. The number of hydrogen-bond donors (Lipinski definition) is 1. The van der Waals surface area contributed by atoms with Gasteiger partial charge < -0.3 is 19.3 Å². The first-order chi connectivity index (χ1) is 18.1. The number of methoxy groups -OCH3 is 1. The van der Waals surface area contributed by atoms with Crippen molar-refractivity contribution in [3.63, 3.8) is 0 Å². The average molecular weight is 515 g/mol. The van der Waals surface area contributed by atoms with Crippen LogP contribution in [0.15, 0.2) is 82.6 Å². The van der Waals surface area contributed by atoms with Gasteiger partial charge in [-0.2, -0.15) is 0 Å². The molecule has 0 spiro atoms. The van der Waals surface area contributed by atoms with Crippen molar-refractivity contribution in [1.29, 1.82) is 0 Å². The number of phenols is 1. The first-order valence-corrected chi connectivity index (χ1v) is 13.8. The van der Waals surface area contributed by atoms with E-state index in [4.69, 9.17) is 14.2 Å². The third kappa shape index (κ3) is 4.72. The summed E-state index contributed by atoms with van der Waals surface area (Å²) in [7, 11) is 1.68. The SMILES string of the molecule is CCOCCC1(CCOCC)c2ccccc2-c2c1cc(O)c1cc(OC)c(Sc3ccccc3)cc21. The Hall–Kier alpha value is -2.99. The third-order valence-corrected chi connectivity index (χ3v) is 8.40. The van der Waals surface area contributed by atoms with Gasteiger partial charge in [-0.25, -0.2) is 0 Å². The first kappa shape index (κ1) is 25.7. The van der Waals surface area contributed by atoms with Gasteiger partial charge in [0.1, 0.15) is 11.5 Å². The molecule has 1 N–H and O–H groups in total. The first-order valence-electron chi connectivity index (χ1n) is 13.0. The van der Waals surface area contributed by atoms with Crippen LogP contribution in [0, 0.1) is 0 Å². The van der Waals surface area contributed by atoms with Crippen LogP contribution in [0.4, 0.5) is 0 Å². The summed E-state index contributed by atoms with van der Waals surface area (Å²) in [4.78, 5) is 2.16. The topological polar surface area (TPSA) is 47.9 Å². The largest absolute Gasteiger partial charge is 0.507 e. The lowest BCUT2D eigenvalue weighted by atomic mass is 9.73. The van der Waals surface area contributed by atoms with Crippen molar-refractivity contribution in [1.82, 2.24) is 0 Å². The number of ether oxygens (including phenoxy) is 3. The zero-order chi connectivity index (χ0) is 25.8. The van der Waals surface area contributed by atoms with E-state index in [0.29, 0.717) is 26.4 Å². The van der Waals surface area contributed by atoms with Crippen molar-refractivity contribution >= 4 is 22.5 Å². The molecule has 0 aliphatic heterocycles. The van der Waals surface area contributed by atoms with Gasteiger partial charge in [-0.3, -0.25) is 0 Å². The van der Waals surface area contributed by atoms with Crippen LogP contribution in [0.1, 0.15) is 37.8 Å². The molecule has 0 atom stereocenters. The van der Waals surface area contributed by atoms with Crippen LogP contribution in [-0.4, -0.2) is 38.6 Å². The second-order valence-corrected chi connectivity index (χ2v) is 10.4. The van der Waals surface area contributed by atoms with E-state index in [1.165, 1.54) is 16.7 Å². The van der Waals surface area contributed by atoms with Gasteiger partial charge in [0.15, 0.2) is 0 Å². The molecule has 4 aromatic rings. The maximum atomic E-state index is 11.4. The maximum absolute atomic E-state index is 11.4. The summed E-state index contributed by atoms with van der Waals surface area (Å²) in [6, 6.07) is 25.1. The van der Waals surface area contributed by atoms with E-state index in [9.17, 15) is 5.11 Å². The predicted molar refractivity (Wildman–Crippen MR) is 151 cm³/mol. The summed E-state index contributed by atoms with van der Waals surface area (Å²) in [5, 5.41) is 13.2. The van der Waals surface area contributed by atoms with Gasteiger partial charge >= 0.3 is 0 Å². The Morgan fingerprint density at radius 3 is 2.14 bits per heavy atom. The summed E-state index contributed by atoms with van der Waals surface area (Å²) >= 11 is 1.67. The van der Waals surface area contributed by atoms with E-state index in [1.807, 2.05) is 44.2 Å². The molecule has 37 heavy (non-hydrogen) atoms. The molecule has 0 amide bonds. The van der Waals surface area contributed by atoms with Gasteiger partial charge in [-0.15, -0.1) is 0 Å². The molecule has 0 fully saturated rings. The van der Waals surface area contributed by atoms with E-state index in [0.717, 1.165) is 44.7 Å². The van der Waals surface area contributed by atoms with Crippen LogP contribution < -0.4 is 4.74 Å². The lowest BCUT2D eigenvalue weighted by Gasteiger charge is -2.32. The smallest absolute Gasteiger partial charge is 0.133 e. The number of hydrogen-bond acceptors (Lipinski definition) is 5. The highest BCUT2D eigenvalue weighted by Crippen LogP contribution is 2.57. The highest BCUT2D eigenvalue weighted by Gasteiger charge is 2.44. The minimum Gasteiger partial charge on any atom is -0.507 e. The van der Waals surface area contributed by atoms with Gasteiger partial charge in [0.25, 0.3) is 0 Å².